The Morgan fingerprint density at radius 2 is 1.77 bits per heavy atom. The van der Waals surface area contributed by atoms with E-state index in [9.17, 15) is 0 Å². The van der Waals surface area contributed by atoms with E-state index in [-0.39, 0.29) is 0 Å². The average Bonchev–Trinajstić information content (AvgIpc) is 2.92. The standard InChI is InChI=1S/C19H22N2S/c1-12(2)22-17-10-6-8-15-7-5-9-16(18(15)17)13(3)19-14(4)20-11-21-19/h5-13H,1-4H3,(H,20,21). The van der Waals surface area contributed by atoms with Crippen LogP contribution in [0.3, 0.4) is 0 Å². The molecule has 3 rings (SSSR count). The normalized spacial score (nSPS) is 13.0. The van der Waals surface area contributed by atoms with E-state index in [0.717, 1.165) is 5.69 Å². The molecule has 114 valence electrons. The van der Waals surface area contributed by atoms with Crippen LogP contribution in [-0.4, -0.2) is 15.2 Å². The van der Waals surface area contributed by atoms with Crippen LogP contribution in [0.2, 0.25) is 0 Å². The first-order chi connectivity index (χ1) is 10.6. The van der Waals surface area contributed by atoms with Gasteiger partial charge in [0.25, 0.3) is 0 Å². The maximum atomic E-state index is 4.35. The van der Waals surface area contributed by atoms with Crippen LogP contribution in [-0.2, 0) is 0 Å². The van der Waals surface area contributed by atoms with Crippen LogP contribution in [0.15, 0.2) is 47.6 Å². The lowest BCUT2D eigenvalue weighted by molar-refractivity contribution is 0.878. The summed E-state index contributed by atoms with van der Waals surface area (Å²) in [5.41, 5.74) is 3.66. The number of thioether (sulfide) groups is 1. The summed E-state index contributed by atoms with van der Waals surface area (Å²) in [6.45, 7) is 8.81. The van der Waals surface area contributed by atoms with Crippen molar-refractivity contribution in [1.29, 1.82) is 0 Å². The third kappa shape index (κ3) is 2.78. The van der Waals surface area contributed by atoms with Gasteiger partial charge in [0, 0.05) is 21.8 Å². The van der Waals surface area contributed by atoms with Gasteiger partial charge in [0.1, 0.15) is 0 Å². The molecule has 0 radical (unpaired) electrons. The molecule has 1 atom stereocenters. The van der Waals surface area contributed by atoms with E-state index in [1.54, 1.807) is 6.33 Å². The van der Waals surface area contributed by atoms with E-state index in [1.165, 1.54) is 26.9 Å². The van der Waals surface area contributed by atoms with Crippen LogP contribution in [0.4, 0.5) is 0 Å². The molecular formula is C19H22N2S. The van der Waals surface area contributed by atoms with Gasteiger partial charge in [-0.1, -0.05) is 51.1 Å². The molecule has 0 bridgehead atoms. The van der Waals surface area contributed by atoms with Gasteiger partial charge in [0.2, 0.25) is 0 Å². The summed E-state index contributed by atoms with van der Waals surface area (Å²) in [6, 6.07) is 13.2. The number of hydrogen-bond donors (Lipinski definition) is 1. The summed E-state index contributed by atoms with van der Waals surface area (Å²) in [5.74, 6) is 0.306. The van der Waals surface area contributed by atoms with Crippen molar-refractivity contribution in [3.8, 4) is 0 Å². The number of hydrogen-bond acceptors (Lipinski definition) is 2. The Labute approximate surface area is 136 Å². The first-order valence-electron chi connectivity index (χ1n) is 7.76. The molecule has 0 aliphatic rings. The molecule has 0 fully saturated rings. The Kier molecular flexibility index (Phi) is 4.25. The minimum atomic E-state index is 0.306. The van der Waals surface area contributed by atoms with Gasteiger partial charge in [-0.3, -0.25) is 0 Å². The number of aromatic nitrogens is 2. The molecule has 3 aromatic rings. The number of nitrogens with one attached hydrogen (secondary N) is 1. The van der Waals surface area contributed by atoms with Gasteiger partial charge in [-0.15, -0.1) is 11.8 Å². The van der Waals surface area contributed by atoms with Gasteiger partial charge < -0.3 is 4.98 Å². The van der Waals surface area contributed by atoms with Crippen molar-refractivity contribution in [1.82, 2.24) is 9.97 Å². The van der Waals surface area contributed by atoms with E-state index in [1.807, 2.05) is 11.8 Å². The van der Waals surface area contributed by atoms with Crippen molar-refractivity contribution in [2.24, 2.45) is 0 Å². The van der Waals surface area contributed by atoms with Gasteiger partial charge in [0.15, 0.2) is 0 Å². The predicted molar refractivity (Wildman–Crippen MR) is 95.8 cm³/mol. The highest BCUT2D eigenvalue weighted by atomic mass is 32.2. The predicted octanol–water partition coefficient (Wildman–Crippen LogP) is 5.52. The fourth-order valence-corrected chi connectivity index (χ4v) is 4.03. The SMILES string of the molecule is Cc1nc[nH]c1C(C)c1cccc2cccc(SC(C)C)c12. The molecule has 1 aromatic heterocycles. The summed E-state index contributed by atoms with van der Waals surface area (Å²) in [6.07, 6.45) is 1.79. The molecule has 2 nitrogen and oxygen atoms in total. The van der Waals surface area contributed by atoms with E-state index in [2.05, 4.69) is 74.1 Å². The molecule has 1 N–H and O–H groups in total. The molecule has 22 heavy (non-hydrogen) atoms. The lowest BCUT2D eigenvalue weighted by Crippen LogP contribution is -2.01. The van der Waals surface area contributed by atoms with Gasteiger partial charge in [-0.2, -0.15) is 0 Å². The number of nitrogens with zero attached hydrogens (tertiary/aromatic N) is 1. The molecule has 3 heteroatoms. The van der Waals surface area contributed by atoms with Crippen molar-refractivity contribution in [3.05, 3.63) is 59.7 Å². The van der Waals surface area contributed by atoms with Crippen LogP contribution in [0.1, 0.15) is 43.6 Å². The lowest BCUT2D eigenvalue weighted by Gasteiger charge is -2.17. The third-order valence-electron chi connectivity index (χ3n) is 4.03. The molecule has 0 saturated carbocycles. The molecule has 2 aromatic carbocycles. The van der Waals surface area contributed by atoms with Crippen molar-refractivity contribution in [2.45, 2.75) is 43.8 Å². The highest BCUT2D eigenvalue weighted by Gasteiger charge is 2.17. The zero-order valence-electron chi connectivity index (χ0n) is 13.6. The molecule has 1 heterocycles. The number of benzene rings is 2. The van der Waals surface area contributed by atoms with E-state index in [4.69, 9.17) is 0 Å². The molecule has 0 amide bonds. The Morgan fingerprint density at radius 1 is 1.05 bits per heavy atom. The molecule has 0 spiro atoms. The van der Waals surface area contributed by atoms with E-state index >= 15 is 0 Å². The smallest absolute Gasteiger partial charge is 0.0925 e. The van der Waals surface area contributed by atoms with Crippen molar-refractivity contribution < 1.29 is 0 Å². The fraction of sp³-hybridized carbons (Fsp3) is 0.316. The van der Waals surface area contributed by atoms with Gasteiger partial charge in [0.05, 0.1) is 12.0 Å². The molecule has 0 aliphatic heterocycles. The fourth-order valence-electron chi connectivity index (χ4n) is 3.01. The summed E-state index contributed by atoms with van der Waals surface area (Å²) < 4.78 is 0. The van der Waals surface area contributed by atoms with Gasteiger partial charge in [-0.25, -0.2) is 4.98 Å². The second-order valence-electron chi connectivity index (χ2n) is 5.99. The topological polar surface area (TPSA) is 28.7 Å². The number of H-pyrrole nitrogens is 1. The largest absolute Gasteiger partial charge is 0.348 e. The molecule has 1 unspecified atom stereocenters. The number of aromatic amines is 1. The summed E-state index contributed by atoms with van der Waals surface area (Å²) in [7, 11) is 0. The van der Waals surface area contributed by atoms with E-state index in [0.29, 0.717) is 11.2 Å². The van der Waals surface area contributed by atoms with Crippen LogP contribution in [0.25, 0.3) is 10.8 Å². The quantitative estimate of drug-likeness (QED) is 0.642. The first-order valence-corrected chi connectivity index (χ1v) is 8.64. The van der Waals surface area contributed by atoms with Gasteiger partial charge >= 0.3 is 0 Å². The minimum Gasteiger partial charge on any atom is -0.348 e. The Morgan fingerprint density at radius 3 is 2.41 bits per heavy atom. The van der Waals surface area contributed by atoms with Crippen LogP contribution < -0.4 is 0 Å². The number of imidazole rings is 1. The average molecular weight is 310 g/mol. The van der Waals surface area contributed by atoms with Crippen LogP contribution in [0.5, 0.6) is 0 Å². The maximum Gasteiger partial charge on any atom is 0.0925 e. The zero-order valence-corrected chi connectivity index (χ0v) is 14.4. The first kappa shape index (κ1) is 15.2. The zero-order chi connectivity index (χ0) is 15.7. The summed E-state index contributed by atoms with van der Waals surface area (Å²) in [5, 5.41) is 3.26. The summed E-state index contributed by atoms with van der Waals surface area (Å²) in [4.78, 5) is 9.03. The highest BCUT2D eigenvalue weighted by molar-refractivity contribution is 8.00. The van der Waals surface area contributed by atoms with Crippen molar-refractivity contribution in [2.75, 3.05) is 0 Å². The Balaban J connectivity index is 2.19. The third-order valence-corrected chi connectivity index (χ3v) is 5.09. The summed E-state index contributed by atoms with van der Waals surface area (Å²) >= 11 is 1.94. The highest BCUT2D eigenvalue weighted by Crippen LogP contribution is 2.37. The maximum absolute atomic E-state index is 4.35. The lowest BCUT2D eigenvalue weighted by atomic mass is 9.92. The van der Waals surface area contributed by atoms with Crippen molar-refractivity contribution in [3.63, 3.8) is 0 Å². The Hall–Kier alpha value is -1.74. The van der Waals surface area contributed by atoms with Crippen LogP contribution in [0, 0.1) is 6.92 Å². The monoisotopic (exact) mass is 310 g/mol. The van der Waals surface area contributed by atoms with Crippen molar-refractivity contribution >= 4 is 22.5 Å². The number of fused-ring (bicyclic) bond motifs is 1. The number of aryl methyl sites for hydroxylation is 1. The van der Waals surface area contributed by atoms with E-state index < -0.39 is 0 Å². The second-order valence-corrected chi connectivity index (χ2v) is 7.61. The second kappa shape index (κ2) is 6.17. The molecule has 0 saturated heterocycles. The number of rotatable bonds is 4. The minimum absolute atomic E-state index is 0.306. The van der Waals surface area contributed by atoms with Crippen LogP contribution >= 0.6 is 11.8 Å². The molecule has 0 aliphatic carbocycles. The van der Waals surface area contributed by atoms with Gasteiger partial charge in [-0.05, 0) is 29.3 Å². The molecular weight excluding hydrogens is 288 g/mol. The Bertz CT molecular complexity index is 784.